The molecule has 1 aliphatic carbocycles. The van der Waals surface area contributed by atoms with Crippen molar-refractivity contribution in [3.05, 3.63) is 289 Å². The lowest BCUT2D eigenvalue weighted by Crippen LogP contribution is -2.28. The summed E-state index contributed by atoms with van der Waals surface area (Å²) >= 11 is 0. The molecule has 0 saturated heterocycles. The molecule has 0 saturated carbocycles. The van der Waals surface area contributed by atoms with E-state index in [1.807, 2.05) is 36.4 Å². The third-order valence-corrected chi connectivity index (χ3v) is 14.5. The zero-order valence-corrected chi connectivity index (χ0v) is 38.6. The summed E-state index contributed by atoms with van der Waals surface area (Å²) in [6, 6.07) is 96.0. The molecule has 0 aromatic heterocycles. The summed E-state index contributed by atoms with van der Waals surface area (Å²) in [5.74, 6) is 3.15. The fourth-order valence-corrected chi connectivity index (χ4v) is 11.3. The highest BCUT2D eigenvalue weighted by Gasteiger charge is 2.46. The number of benzene rings is 11. The maximum Gasteiger partial charge on any atom is 0.156 e. The molecule has 0 fully saturated rings. The molecule has 0 radical (unpaired) electrons. The van der Waals surface area contributed by atoms with Gasteiger partial charge in [0.05, 0.1) is 16.8 Å². The van der Waals surface area contributed by atoms with E-state index < -0.39 is 5.41 Å². The molecule has 0 amide bonds. The second kappa shape index (κ2) is 16.4. The van der Waals surface area contributed by atoms with E-state index in [2.05, 4.69) is 240 Å². The van der Waals surface area contributed by atoms with E-state index in [1.165, 1.54) is 44.5 Å². The van der Waals surface area contributed by atoms with Gasteiger partial charge in [0.2, 0.25) is 0 Å². The van der Waals surface area contributed by atoms with Crippen LogP contribution >= 0.6 is 0 Å². The molecular weight excluding hydrogens is 865 g/mol. The minimum atomic E-state index is -0.523. The van der Waals surface area contributed by atoms with Crippen LogP contribution in [0.15, 0.2) is 267 Å². The standard InChI is InChI=1S/C67H44N2O2/c1-4-17-45(18-5-1)46-31-35-53(36-32-46)68(55-39-40-57-56-25-10-11-26-58(56)67(59(57)44-55,51-21-6-2-7-22-51)52-23-8-3-9-24-52)54-37-33-47(34-38-54)48-19-16-20-49(41-48)50-42-64-66-65(43-50)71-63-30-15-13-28-61(63)69(66)60-27-12-14-29-62(60)70-64/h1-44H. The molecule has 2 aliphatic heterocycles. The third-order valence-electron chi connectivity index (χ3n) is 14.5. The summed E-state index contributed by atoms with van der Waals surface area (Å²) in [6.07, 6.45) is 0. The largest absolute Gasteiger partial charge is 0.453 e. The highest BCUT2D eigenvalue weighted by Crippen LogP contribution is 2.61. The quantitative estimate of drug-likeness (QED) is 0.152. The molecular formula is C67H44N2O2. The number of hydrogen-bond donors (Lipinski definition) is 0. The first-order valence-corrected chi connectivity index (χ1v) is 24.2. The summed E-state index contributed by atoms with van der Waals surface area (Å²) in [6.45, 7) is 0. The van der Waals surface area contributed by atoms with Crippen LogP contribution in [0.25, 0.3) is 44.5 Å². The number of ether oxygens (including phenoxy) is 2. The summed E-state index contributed by atoms with van der Waals surface area (Å²) in [4.78, 5) is 4.66. The lowest BCUT2D eigenvalue weighted by atomic mass is 9.67. The molecule has 3 aliphatic rings. The van der Waals surface area contributed by atoms with Crippen molar-refractivity contribution < 1.29 is 9.47 Å². The minimum Gasteiger partial charge on any atom is -0.453 e. The van der Waals surface area contributed by atoms with Gasteiger partial charge in [-0.25, -0.2) is 0 Å². The molecule has 11 aromatic rings. The van der Waals surface area contributed by atoms with E-state index in [0.717, 1.165) is 79.4 Å². The van der Waals surface area contributed by atoms with Crippen LogP contribution < -0.4 is 19.3 Å². The smallest absolute Gasteiger partial charge is 0.156 e. The highest BCUT2D eigenvalue weighted by molar-refractivity contribution is 5.96. The third kappa shape index (κ3) is 6.53. The van der Waals surface area contributed by atoms with Crippen molar-refractivity contribution in [3.63, 3.8) is 0 Å². The van der Waals surface area contributed by atoms with E-state index in [0.29, 0.717) is 0 Å². The van der Waals surface area contributed by atoms with Gasteiger partial charge in [0, 0.05) is 17.1 Å². The number of para-hydroxylation sites is 4. The summed E-state index contributed by atoms with van der Waals surface area (Å²) in [7, 11) is 0. The van der Waals surface area contributed by atoms with Gasteiger partial charge in [0.25, 0.3) is 0 Å². The molecule has 0 N–H and O–H groups in total. The van der Waals surface area contributed by atoms with Gasteiger partial charge in [-0.05, 0) is 146 Å². The van der Waals surface area contributed by atoms with E-state index in [1.54, 1.807) is 0 Å². The lowest BCUT2D eigenvalue weighted by Gasteiger charge is -2.38. The van der Waals surface area contributed by atoms with E-state index >= 15 is 0 Å². The monoisotopic (exact) mass is 908 g/mol. The van der Waals surface area contributed by atoms with Crippen LogP contribution in [0.4, 0.5) is 34.1 Å². The highest BCUT2D eigenvalue weighted by atomic mass is 16.5. The van der Waals surface area contributed by atoms with Gasteiger partial charge in [-0.2, -0.15) is 0 Å². The van der Waals surface area contributed by atoms with Gasteiger partial charge in [0.1, 0.15) is 5.69 Å². The van der Waals surface area contributed by atoms with Gasteiger partial charge >= 0.3 is 0 Å². The van der Waals surface area contributed by atoms with E-state index in [9.17, 15) is 0 Å². The Morgan fingerprint density at radius 3 is 1.35 bits per heavy atom. The number of anilines is 6. The Morgan fingerprint density at radius 1 is 0.296 bits per heavy atom. The molecule has 0 bridgehead atoms. The van der Waals surface area contributed by atoms with Gasteiger partial charge < -0.3 is 14.4 Å². The van der Waals surface area contributed by atoms with E-state index in [4.69, 9.17) is 9.47 Å². The van der Waals surface area contributed by atoms with Gasteiger partial charge in [-0.15, -0.1) is 0 Å². The number of hydrogen-bond acceptors (Lipinski definition) is 4. The molecule has 71 heavy (non-hydrogen) atoms. The van der Waals surface area contributed by atoms with Crippen molar-refractivity contribution in [1.82, 2.24) is 0 Å². The zero-order chi connectivity index (χ0) is 46.9. The first-order valence-electron chi connectivity index (χ1n) is 24.2. The molecule has 334 valence electrons. The average Bonchev–Trinajstić information content (AvgIpc) is 3.74. The molecule has 4 nitrogen and oxygen atoms in total. The number of rotatable bonds is 8. The Hall–Kier alpha value is -9.38. The molecule has 11 aromatic carbocycles. The average molecular weight is 909 g/mol. The Labute approximate surface area is 413 Å². The summed E-state index contributed by atoms with van der Waals surface area (Å²) in [5.41, 5.74) is 19.8. The predicted molar refractivity (Wildman–Crippen MR) is 290 cm³/mol. The van der Waals surface area contributed by atoms with Crippen molar-refractivity contribution in [3.8, 4) is 67.5 Å². The molecule has 0 atom stereocenters. The van der Waals surface area contributed by atoms with Crippen LogP contribution in [-0.2, 0) is 5.41 Å². The molecule has 0 spiro atoms. The maximum absolute atomic E-state index is 6.62. The fourth-order valence-electron chi connectivity index (χ4n) is 11.3. The first-order chi connectivity index (χ1) is 35.2. The predicted octanol–water partition coefficient (Wildman–Crippen LogP) is 18.2. The fraction of sp³-hybridized carbons (Fsp3) is 0.0149. The second-order valence-corrected chi connectivity index (χ2v) is 18.4. The number of fused-ring (bicyclic) bond motifs is 7. The van der Waals surface area contributed by atoms with Crippen molar-refractivity contribution in [2.24, 2.45) is 0 Å². The molecule has 4 heteroatoms. The topological polar surface area (TPSA) is 24.9 Å². The Bertz CT molecular complexity index is 3700. The maximum atomic E-state index is 6.62. The Kier molecular flexibility index (Phi) is 9.39. The van der Waals surface area contributed by atoms with Gasteiger partial charge in [0.15, 0.2) is 23.0 Å². The minimum absolute atomic E-state index is 0.523. The first kappa shape index (κ1) is 40.7. The zero-order valence-electron chi connectivity index (χ0n) is 38.6. The summed E-state index contributed by atoms with van der Waals surface area (Å²) < 4.78 is 13.2. The van der Waals surface area contributed by atoms with Crippen LogP contribution in [0.5, 0.6) is 23.0 Å². The van der Waals surface area contributed by atoms with Crippen LogP contribution in [0.3, 0.4) is 0 Å². The lowest BCUT2D eigenvalue weighted by molar-refractivity contribution is 0.446. The van der Waals surface area contributed by atoms with Crippen LogP contribution in [0.2, 0.25) is 0 Å². The normalized spacial score (nSPS) is 13.1. The Morgan fingerprint density at radius 2 is 0.746 bits per heavy atom. The number of nitrogens with zero attached hydrogens (tertiary/aromatic N) is 2. The van der Waals surface area contributed by atoms with Crippen molar-refractivity contribution in [2.45, 2.75) is 5.41 Å². The van der Waals surface area contributed by atoms with Crippen LogP contribution in [0, 0.1) is 0 Å². The van der Waals surface area contributed by atoms with E-state index in [-0.39, 0.29) is 0 Å². The van der Waals surface area contributed by atoms with Crippen molar-refractivity contribution in [1.29, 1.82) is 0 Å². The van der Waals surface area contributed by atoms with Gasteiger partial charge in [-0.1, -0.05) is 188 Å². The van der Waals surface area contributed by atoms with Gasteiger partial charge in [-0.3, -0.25) is 4.90 Å². The Balaban J connectivity index is 0.872. The second-order valence-electron chi connectivity index (χ2n) is 18.4. The molecule has 2 heterocycles. The SMILES string of the molecule is c1ccc(-c2ccc(N(c3ccc(-c4cccc(-c5cc6c7c(c5)Oc5ccccc5N7c5ccccc5O6)c4)cc3)c3ccc4c(c3)C(c3ccccc3)(c3ccccc3)c3ccccc3-4)cc2)cc1. The van der Waals surface area contributed by atoms with Crippen molar-refractivity contribution >= 4 is 34.1 Å². The molecule has 0 unspecified atom stereocenters. The van der Waals surface area contributed by atoms with Crippen molar-refractivity contribution in [2.75, 3.05) is 9.80 Å². The molecule has 14 rings (SSSR count). The van der Waals surface area contributed by atoms with Crippen LogP contribution in [0.1, 0.15) is 22.3 Å². The van der Waals surface area contributed by atoms with Crippen LogP contribution in [-0.4, -0.2) is 0 Å². The summed E-state index contributed by atoms with van der Waals surface area (Å²) in [5, 5.41) is 0.